The van der Waals surface area contributed by atoms with Crippen LogP contribution in [0.25, 0.3) is 0 Å². The second-order valence-corrected chi connectivity index (χ2v) is 4.53. The second kappa shape index (κ2) is 5.98. The lowest BCUT2D eigenvalue weighted by Gasteiger charge is -2.15. The number of amides is 1. The topological polar surface area (TPSA) is 49.3 Å². The second-order valence-electron chi connectivity index (χ2n) is 4.12. The fourth-order valence-electron chi connectivity index (χ4n) is 1.21. The summed E-state index contributed by atoms with van der Waals surface area (Å²) in [6.45, 7) is 3.75. The van der Waals surface area contributed by atoms with E-state index in [-0.39, 0.29) is 23.0 Å². The number of halogens is 2. The van der Waals surface area contributed by atoms with Crippen molar-refractivity contribution in [3.05, 3.63) is 34.6 Å². The lowest BCUT2D eigenvalue weighted by molar-refractivity contribution is 0.0868. The predicted octanol–water partition coefficient (Wildman–Crippen LogP) is 2.23. The zero-order chi connectivity index (χ0) is 13.0. The van der Waals surface area contributed by atoms with Crippen LogP contribution in [0.4, 0.5) is 4.39 Å². The van der Waals surface area contributed by atoms with Gasteiger partial charge in [0.25, 0.3) is 5.91 Å². The average molecular weight is 260 g/mol. The van der Waals surface area contributed by atoms with Crippen LogP contribution in [0, 0.1) is 11.7 Å². The van der Waals surface area contributed by atoms with Crippen LogP contribution in [0.3, 0.4) is 0 Å². The average Bonchev–Trinajstić information content (AvgIpc) is 2.29. The van der Waals surface area contributed by atoms with E-state index in [1.807, 2.05) is 13.8 Å². The molecular formula is C12H15ClFNO2. The number of nitrogens with one attached hydrogen (secondary N) is 1. The van der Waals surface area contributed by atoms with Crippen molar-refractivity contribution in [1.82, 2.24) is 5.32 Å². The number of hydrogen-bond acceptors (Lipinski definition) is 2. The van der Waals surface area contributed by atoms with E-state index in [1.165, 1.54) is 18.2 Å². The van der Waals surface area contributed by atoms with E-state index in [4.69, 9.17) is 11.6 Å². The third-order valence-electron chi connectivity index (χ3n) is 2.44. The Morgan fingerprint density at radius 3 is 2.76 bits per heavy atom. The van der Waals surface area contributed by atoms with Gasteiger partial charge in [0.1, 0.15) is 0 Å². The highest BCUT2D eigenvalue weighted by Gasteiger charge is 2.16. The van der Waals surface area contributed by atoms with E-state index >= 15 is 0 Å². The maximum atomic E-state index is 13.5. The first-order valence-corrected chi connectivity index (χ1v) is 5.71. The first-order chi connectivity index (χ1) is 7.93. The lowest BCUT2D eigenvalue weighted by Crippen LogP contribution is -2.35. The van der Waals surface area contributed by atoms with E-state index in [1.54, 1.807) is 0 Å². The first kappa shape index (κ1) is 13.9. The molecule has 1 aromatic carbocycles. The molecule has 0 spiro atoms. The molecule has 0 fully saturated rings. The molecule has 0 aliphatic carbocycles. The molecule has 0 aliphatic heterocycles. The molecule has 5 heteroatoms. The molecule has 2 N–H and O–H groups in total. The largest absolute Gasteiger partial charge is 0.391 e. The molecule has 0 bridgehead atoms. The minimum absolute atomic E-state index is 0.0273. The molecule has 1 amide bonds. The Kier molecular flexibility index (Phi) is 4.90. The summed E-state index contributed by atoms with van der Waals surface area (Å²) >= 11 is 5.57. The van der Waals surface area contributed by atoms with Crippen LogP contribution in [-0.2, 0) is 0 Å². The van der Waals surface area contributed by atoms with Crippen molar-refractivity contribution in [3.8, 4) is 0 Å². The molecule has 0 aliphatic rings. The highest BCUT2D eigenvalue weighted by atomic mass is 35.5. The lowest BCUT2D eigenvalue weighted by atomic mass is 10.1. The smallest absolute Gasteiger partial charge is 0.254 e. The van der Waals surface area contributed by atoms with Crippen LogP contribution >= 0.6 is 11.6 Å². The first-order valence-electron chi connectivity index (χ1n) is 5.33. The van der Waals surface area contributed by atoms with Gasteiger partial charge in [-0.05, 0) is 18.1 Å². The third-order valence-corrected chi connectivity index (χ3v) is 2.73. The van der Waals surface area contributed by atoms with Gasteiger partial charge in [0, 0.05) is 6.54 Å². The number of aliphatic hydroxyl groups is 1. The molecule has 1 rings (SSSR count). The van der Waals surface area contributed by atoms with Crippen molar-refractivity contribution in [3.63, 3.8) is 0 Å². The molecule has 0 saturated carbocycles. The van der Waals surface area contributed by atoms with E-state index in [0.717, 1.165) is 0 Å². The van der Waals surface area contributed by atoms with Crippen molar-refractivity contribution in [1.29, 1.82) is 0 Å². The molecule has 94 valence electrons. The highest BCUT2D eigenvalue weighted by molar-refractivity contribution is 6.31. The fourth-order valence-corrected chi connectivity index (χ4v) is 1.38. The number of hydrogen-bond donors (Lipinski definition) is 2. The zero-order valence-corrected chi connectivity index (χ0v) is 10.5. The normalized spacial score (nSPS) is 12.6. The van der Waals surface area contributed by atoms with Crippen LogP contribution in [0.2, 0.25) is 5.02 Å². The summed E-state index contributed by atoms with van der Waals surface area (Å²) < 4.78 is 13.5. The van der Waals surface area contributed by atoms with Crippen LogP contribution in [0.15, 0.2) is 18.2 Å². The van der Waals surface area contributed by atoms with Gasteiger partial charge in [-0.3, -0.25) is 4.79 Å². The quantitative estimate of drug-likeness (QED) is 0.871. The Labute approximate surface area is 105 Å². The number of carbonyl (C=O) groups excluding carboxylic acids is 1. The summed E-state index contributed by atoms with van der Waals surface area (Å²) in [7, 11) is 0. The van der Waals surface area contributed by atoms with Gasteiger partial charge >= 0.3 is 0 Å². The number of carbonyl (C=O) groups is 1. The van der Waals surface area contributed by atoms with Gasteiger partial charge in [-0.15, -0.1) is 0 Å². The van der Waals surface area contributed by atoms with E-state index < -0.39 is 17.8 Å². The molecule has 3 nitrogen and oxygen atoms in total. The summed E-state index contributed by atoms with van der Waals surface area (Å²) in [4.78, 5) is 11.6. The minimum Gasteiger partial charge on any atom is -0.391 e. The standard InChI is InChI=1S/C12H15ClFNO2/c1-7(2)10(16)6-15-12(17)8-4-3-5-9(13)11(8)14/h3-5,7,10,16H,6H2,1-2H3,(H,15,17). The van der Waals surface area contributed by atoms with Crippen LogP contribution in [0.1, 0.15) is 24.2 Å². The zero-order valence-electron chi connectivity index (χ0n) is 9.71. The van der Waals surface area contributed by atoms with Crippen molar-refractivity contribution in [2.75, 3.05) is 6.54 Å². The summed E-state index contributed by atoms with van der Waals surface area (Å²) in [5, 5.41) is 11.9. The molecule has 1 aromatic rings. The third kappa shape index (κ3) is 3.68. The van der Waals surface area contributed by atoms with Gasteiger partial charge in [0.15, 0.2) is 5.82 Å². The number of aliphatic hydroxyl groups excluding tert-OH is 1. The van der Waals surface area contributed by atoms with Gasteiger partial charge in [-0.2, -0.15) is 0 Å². The predicted molar refractivity (Wildman–Crippen MR) is 64.6 cm³/mol. The fraction of sp³-hybridized carbons (Fsp3) is 0.417. The molecule has 17 heavy (non-hydrogen) atoms. The molecule has 1 atom stereocenters. The molecule has 0 radical (unpaired) electrons. The van der Waals surface area contributed by atoms with Gasteiger partial charge in [-0.25, -0.2) is 4.39 Å². The van der Waals surface area contributed by atoms with Crippen LogP contribution < -0.4 is 5.32 Å². The summed E-state index contributed by atoms with van der Waals surface area (Å²) in [5.41, 5.74) is -0.117. The number of benzene rings is 1. The molecule has 0 heterocycles. The maximum absolute atomic E-state index is 13.5. The van der Waals surface area contributed by atoms with Gasteiger partial charge in [0.2, 0.25) is 0 Å². The Morgan fingerprint density at radius 2 is 2.18 bits per heavy atom. The van der Waals surface area contributed by atoms with Crippen molar-refractivity contribution >= 4 is 17.5 Å². The SMILES string of the molecule is CC(C)C(O)CNC(=O)c1cccc(Cl)c1F. The maximum Gasteiger partial charge on any atom is 0.254 e. The van der Waals surface area contributed by atoms with E-state index in [2.05, 4.69) is 5.32 Å². The Balaban J connectivity index is 2.68. The molecule has 0 aromatic heterocycles. The molecule has 0 saturated heterocycles. The monoisotopic (exact) mass is 259 g/mol. The Bertz CT molecular complexity index is 409. The van der Waals surface area contributed by atoms with Crippen LogP contribution in [0.5, 0.6) is 0 Å². The van der Waals surface area contributed by atoms with Crippen molar-refractivity contribution in [2.24, 2.45) is 5.92 Å². The molecular weight excluding hydrogens is 245 g/mol. The van der Waals surface area contributed by atoms with Crippen LogP contribution in [-0.4, -0.2) is 23.7 Å². The summed E-state index contributed by atoms with van der Waals surface area (Å²) in [6.07, 6.45) is -0.652. The summed E-state index contributed by atoms with van der Waals surface area (Å²) in [6, 6.07) is 4.22. The van der Waals surface area contributed by atoms with Gasteiger partial charge < -0.3 is 10.4 Å². The number of rotatable bonds is 4. The van der Waals surface area contributed by atoms with Crippen molar-refractivity contribution in [2.45, 2.75) is 20.0 Å². The minimum atomic E-state index is -0.745. The van der Waals surface area contributed by atoms with Gasteiger partial charge in [0.05, 0.1) is 16.7 Å². The summed E-state index contributed by atoms with van der Waals surface area (Å²) in [5.74, 6) is -1.30. The van der Waals surface area contributed by atoms with Gasteiger partial charge in [-0.1, -0.05) is 31.5 Å². The van der Waals surface area contributed by atoms with E-state index in [9.17, 15) is 14.3 Å². The Hall–Kier alpha value is -1.13. The van der Waals surface area contributed by atoms with Crippen molar-refractivity contribution < 1.29 is 14.3 Å². The Morgan fingerprint density at radius 1 is 1.53 bits per heavy atom. The molecule has 1 unspecified atom stereocenters. The van der Waals surface area contributed by atoms with E-state index in [0.29, 0.717) is 0 Å². The highest BCUT2D eigenvalue weighted by Crippen LogP contribution is 2.17.